The van der Waals surface area contributed by atoms with Gasteiger partial charge in [0, 0.05) is 41.4 Å². The summed E-state index contributed by atoms with van der Waals surface area (Å²) in [6.45, 7) is 1.91. The van der Waals surface area contributed by atoms with Gasteiger partial charge in [0.2, 0.25) is 0 Å². The van der Waals surface area contributed by atoms with Crippen LogP contribution in [0.4, 0.5) is 0 Å². The Hall–Kier alpha value is -3.74. The van der Waals surface area contributed by atoms with Crippen molar-refractivity contribution in [3.05, 3.63) is 89.1 Å². The highest BCUT2D eigenvalue weighted by molar-refractivity contribution is 6.01. The minimum absolute atomic E-state index is 0.236. The summed E-state index contributed by atoms with van der Waals surface area (Å²) >= 11 is 0. The van der Waals surface area contributed by atoms with Gasteiger partial charge in [-0.2, -0.15) is 0 Å². The lowest BCUT2D eigenvalue weighted by Crippen LogP contribution is -2.13. The highest BCUT2D eigenvalue weighted by Crippen LogP contribution is 2.25. The highest BCUT2D eigenvalue weighted by atomic mass is 16.3. The summed E-state index contributed by atoms with van der Waals surface area (Å²) in [4.78, 5) is 36.4. The molecule has 7 nitrogen and oxygen atoms in total. The third-order valence-electron chi connectivity index (χ3n) is 4.41. The van der Waals surface area contributed by atoms with Crippen molar-refractivity contribution < 1.29 is 4.79 Å². The van der Waals surface area contributed by atoms with Crippen molar-refractivity contribution in [1.82, 2.24) is 19.5 Å². The maximum atomic E-state index is 12.8. The second-order valence-electron chi connectivity index (χ2n) is 6.11. The van der Waals surface area contributed by atoms with Crippen LogP contribution in [0.3, 0.4) is 0 Å². The van der Waals surface area contributed by atoms with Crippen molar-refractivity contribution in [2.24, 2.45) is 5.18 Å². The van der Waals surface area contributed by atoms with Gasteiger partial charge in [0.1, 0.15) is 5.65 Å². The van der Waals surface area contributed by atoms with Gasteiger partial charge < -0.3 is 4.57 Å². The van der Waals surface area contributed by atoms with E-state index in [4.69, 9.17) is 0 Å². The molecular formula is C20H15N5O2. The standard InChI is InChI=1S/C20H15N5O2/c1-13-11-15(19(26)18(24-27)16-12-21-8-9-22-16)4-5-17(13)25-10-6-14-3-2-7-23-20(14)25/h2-12,18H,1H3. The predicted octanol–water partition coefficient (Wildman–Crippen LogP) is 3.81. The van der Waals surface area contributed by atoms with Gasteiger partial charge in [0.05, 0.1) is 11.9 Å². The topological polar surface area (TPSA) is 90.1 Å². The Balaban J connectivity index is 1.71. The van der Waals surface area contributed by atoms with Crippen LogP contribution in [0.5, 0.6) is 0 Å². The van der Waals surface area contributed by atoms with Crippen LogP contribution in [0.1, 0.15) is 27.7 Å². The van der Waals surface area contributed by atoms with Crippen molar-refractivity contribution in [2.45, 2.75) is 13.0 Å². The Kier molecular flexibility index (Phi) is 4.25. The van der Waals surface area contributed by atoms with Crippen LogP contribution in [0, 0.1) is 11.8 Å². The fourth-order valence-corrected chi connectivity index (χ4v) is 3.09. The third-order valence-corrected chi connectivity index (χ3v) is 4.41. The fourth-order valence-electron chi connectivity index (χ4n) is 3.09. The van der Waals surface area contributed by atoms with Crippen LogP contribution in [0.15, 0.2) is 72.6 Å². The third kappa shape index (κ3) is 2.99. The lowest BCUT2D eigenvalue weighted by atomic mass is 10.00. The molecule has 1 unspecified atom stereocenters. The Morgan fingerprint density at radius 1 is 1.11 bits per heavy atom. The average molecular weight is 357 g/mol. The molecule has 0 aliphatic carbocycles. The highest BCUT2D eigenvalue weighted by Gasteiger charge is 2.25. The van der Waals surface area contributed by atoms with Crippen molar-refractivity contribution in [2.75, 3.05) is 0 Å². The van der Waals surface area contributed by atoms with E-state index >= 15 is 0 Å². The number of carbonyl (C=O) groups excluding carboxylic acids is 1. The van der Waals surface area contributed by atoms with E-state index in [0.717, 1.165) is 22.3 Å². The molecule has 132 valence electrons. The number of rotatable bonds is 5. The second-order valence-corrected chi connectivity index (χ2v) is 6.11. The zero-order chi connectivity index (χ0) is 18.8. The van der Waals surface area contributed by atoms with Crippen molar-refractivity contribution in [1.29, 1.82) is 0 Å². The van der Waals surface area contributed by atoms with Crippen LogP contribution >= 0.6 is 0 Å². The first-order chi connectivity index (χ1) is 13.2. The predicted molar refractivity (Wildman–Crippen MR) is 101 cm³/mol. The van der Waals surface area contributed by atoms with Crippen molar-refractivity contribution in [3.63, 3.8) is 0 Å². The van der Waals surface area contributed by atoms with E-state index in [2.05, 4.69) is 20.1 Å². The zero-order valence-electron chi connectivity index (χ0n) is 14.5. The van der Waals surface area contributed by atoms with Crippen LogP contribution in [0.2, 0.25) is 0 Å². The molecule has 0 saturated heterocycles. The van der Waals surface area contributed by atoms with E-state index in [1.54, 1.807) is 18.3 Å². The monoisotopic (exact) mass is 357 g/mol. The average Bonchev–Trinajstić information content (AvgIpc) is 3.13. The number of Topliss-reactive ketones (excluding diaryl/α,β-unsaturated/α-hetero) is 1. The molecule has 0 radical (unpaired) electrons. The van der Waals surface area contributed by atoms with E-state index in [9.17, 15) is 9.70 Å². The van der Waals surface area contributed by atoms with Gasteiger partial charge >= 0.3 is 0 Å². The number of aromatic nitrogens is 4. The normalized spacial score (nSPS) is 12.0. The van der Waals surface area contributed by atoms with Gasteiger partial charge in [-0.15, -0.1) is 4.91 Å². The number of nitrogens with zero attached hydrogens (tertiary/aromatic N) is 5. The number of benzene rings is 1. The molecule has 4 rings (SSSR count). The molecule has 3 aromatic heterocycles. The number of pyridine rings is 1. The Morgan fingerprint density at radius 2 is 2.00 bits per heavy atom. The van der Waals surface area contributed by atoms with Gasteiger partial charge in [-0.3, -0.25) is 14.8 Å². The number of hydrogen-bond acceptors (Lipinski definition) is 6. The van der Waals surface area contributed by atoms with Crippen LogP contribution < -0.4 is 0 Å². The van der Waals surface area contributed by atoms with Gasteiger partial charge in [-0.25, -0.2) is 4.98 Å². The largest absolute Gasteiger partial charge is 0.301 e. The van der Waals surface area contributed by atoms with Gasteiger partial charge in [0.25, 0.3) is 0 Å². The molecule has 0 aliphatic heterocycles. The maximum Gasteiger partial charge on any atom is 0.198 e. The van der Waals surface area contributed by atoms with Crippen LogP contribution in [0.25, 0.3) is 16.7 Å². The molecule has 0 amide bonds. The lowest BCUT2D eigenvalue weighted by Gasteiger charge is -2.12. The summed E-state index contributed by atoms with van der Waals surface area (Å²) < 4.78 is 1.97. The second kappa shape index (κ2) is 6.87. The summed E-state index contributed by atoms with van der Waals surface area (Å²) in [5, 5.41) is 3.99. The molecule has 4 aromatic rings. The van der Waals surface area contributed by atoms with E-state index in [1.165, 1.54) is 18.6 Å². The Labute approximate surface area is 154 Å². The molecule has 27 heavy (non-hydrogen) atoms. The number of nitroso groups, excluding NO2 is 1. The van der Waals surface area contributed by atoms with E-state index in [0.29, 0.717) is 5.56 Å². The molecule has 0 spiro atoms. The van der Waals surface area contributed by atoms with E-state index in [-0.39, 0.29) is 5.69 Å². The maximum absolute atomic E-state index is 12.8. The Morgan fingerprint density at radius 3 is 2.74 bits per heavy atom. The molecule has 1 aromatic carbocycles. The molecule has 7 heteroatoms. The number of carbonyl (C=O) groups is 1. The quantitative estimate of drug-likeness (QED) is 0.400. The van der Waals surface area contributed by atoms with Gasteiger partial charge in [-0.05, 0) is 48.9 Å². The minimum Gasteiger partial charge on any atom is -0.301 e. The van der Waals surface area contributed by atoms with E-state index in [1.807, 2.05) is 42.0 Å². The first-order valence-electron chi connectivity index (χ1n) is 8.35. The molecular weight excluding hydrogens is 342 g/mol. The molecule has 0 saturated carbocycles. The van der Waals surface area contributed by atoms with Crippen LogP contribution in [-0.4, -0.2) is 25.3 Å². The van der Waals surface area contributed by atoms with Gasteiger partial charge in [-0.1, -0.05) is 5.18 Å². The van der Waals surface area contributed by atoms with Crippen molar-refractivity contribution in [3.8, 4) is 5.69 Å². The number of aryl methyl sites for hydroxylation is 1. The van der Waals surface area contributed by atoms with E-state index < -0.39 is 11.8 Å². The molecule has 0 aliphatic rings. The molecule has 0 bridgehead atoms. The summed E-state index contributed by atoms with van der Waals surface area (Å²) in [5.74, 6) is -0.407. The molecule has 0 N–H and O–H groups in total. The summed E-state index contributed by atoms with van der Waals surface area (Å²) in [5.41, 5.74) is 3.27. The lowest BCUT2D eigenvalue weighted by molar-refractivity contribution is 0.0960. The summed E-state index contributed by atoms with van der Waals surface area (Å²) in [6, 6.07) is 9.94. The molecule has 1 atom stereocenters. The fraction of sp³-hybridized carbons (Fsp3) is 0.100. The first-order valence-corrected chi connectivity index (χ1v) is 8.35. The number of fused-ring (bicyclic) bond motifs is 1. The first kappa shape index (κ1) is 16.7. The number of ketones is 1. The summed E-state index contributed by atoms with van der Waals surface area (Å²) in [6.07, 6.45) is 7.97. The number of hydrogen-bond donors (Lipinski definition) is 0. The minimum atomic E-state index is -1.21. The Bertz CT molecular complexity index is 1140. The SMILES string of the molecule is Cc1cc(C(=O)C(N=O)c2cnccn2)ccc1-n1ccc2cccnc21. The molecule has 3 heterocycles. The smallest absolute Gasteiger partial charge is 0.198 e. The van der Waals surface area contributed by atoms with Crippen LogP contribution in [-0.2, 0) is 0 Å². The molecule has 0 fully saturated rings. The summed E-state index contributed by atoms with van der Waals surface area (Å²) in [7, 11) is 0. The zero-order valence-corrected chi connectivity index (χ0v) is 14.5. The van der Waals surface area contributed by atoms with Gasteiger partial charge in [0.15, 0.2) is 11.8 Å². The van der Waals surface area contributed by atoms with Crippen molar-refractivity contribution >= 4 is 16.8 Å².